The molecule has 3 rings (SSSR count). The second-order valence-corrected chi connectivity index (χ2v) is 6.75. The van der Waals surface area contributed by atoms with Crippen LogP contribution in [0.2, 0.25) is 0 Å². The fourth-order valence-corrected chi connectivity index (χ4v) is 2.60. The molecule has 2 heterocycles. The van der Waals surface area contributed by atoms with Crippen LogP contribution < -0.4 is 5.73 Å². The van der Waals surface area contributed by atoms with E-state index in [0.717, 1.165) is 16.5 Å². The van der Waals surface area contributed by atoms with Crippen LogP contribution in [-0.4, -0.2) is 24.3 Å². The molecule has 21 heavy (non-hydrogen) atoms. The minimum absolute atomic E-state index is 0.230. The normalized spacial score (nSPS) is 21.9. The Morgan fingerprint density at radius 2 is 1.71 bits per heavy atom. The summed E-state index contributed by atoms with van der Waals surface area (Å²) in [5.41, 5.74) is 7.58. The molecule has 2 N–H and O–H groups in total. The monoisotopic (exact) mass is 287 g/mol. The van der Waals surface area contributed by atoms with Gasteiger partial charge < -0.3 is 19.5 Å². The highest BCUT2D eigenvalue weighted by Crippen LogP contribution is 2.37. The van der Waals surface area contributed by atoms with E-state index in [9.17, 15) is 0 Å². The Morgan fingerprint density at radius 3 is 2.38 bits per heavy atom. The van der Waals surface area contributed by atoms with E-state index in [1.54, 1.807) is 6.26 Å². The lowest BCUT2D eigenvalue weighted by molar-refractivity contribution is 0.00578. The lowest BCUT2D eigenvalue weighted by Gasteiger charge is -2.32. The molecule has 1 saturated heterocycles. The first kappa shape index (κ1) is 14.6. The van der Waals surface area contributed by atoms with E-state index in [-0.39, 0.29) is 17.1 Å². The zero-order valence-electron chi connectivity index (χ0n) is 13.1. The summed E-state index contributed by atoms with van der Waals surface area (Å²) in [6.07, 6.45) is 2.43. The topological polar surface area (TPSA) is 57.6 Å². The van der Waals surface area contributed by atoms with Crippen molar-refractivity contribution in [3.05, 3.63) is 36.1 Å². The molecule has 0 unspecified atom stereocenters. The molecular weight excluding hydrogens is 265 g/mol. The molecule has 1 fully saturated rings. The lowest BCUT2D eigenvalue weighted by Crippen LogP contribution is -2.43. The minimum Gasteiger partial charge on any atom is -0.464 e. The van der Waals surface area contributed by atoms with Crippen LogP contribution in [0.1, 0.15) is 33.3 Å². The Morgan fingerprint density at radius 1 is 1.10 bits per heavy atom. The summed E-state index contributed by atoms with van der Waals surface area (Å²) < 4.78 is 17.6. The average Bonchev–Trinajstić information content (AvgIpc) is 2.89. The molecule has 0 radical (unpaired) electrons. The molecule has 5 heteroatoms. The molecule has 4 nitrogen and oxygen atoms in total. The number of nitrogens with two attached hydrogens (primary N) is 1. The first-order chi connectivity index (χ1) is 9.80. The highest BCUT2D eigenvalue weighted by atomic mass is 16.7. The van der Waals surface area contributed by atoms with Crippen molar-refractivity contribution >= 4 is 18.1 Å². The third kappa shape index (κ3) is 2.50. The van der Waals surface area contributed by atoms with Gasteiger partial charge in [-0.2, -0.15) is 0 Å². The van der Waals surface area contributed by atoms with Crippen LogP contribution in [0.5, 0.6) is 0 Å². The lowest BCUT2D eigenvalue weighted by atomic mass is 9.75. The highest BCUT2D eigenvalue weighted by Gasteiger charge is 2.53. The fraction of sp³-hybridized carbons (Fsp3) is 0.500. The van der Waals surface area contributed by atoms with Crippen molar-refractivity contribution in [2.45, 2.75) is 51.3 Å². The maximum atomic E-state index is 6.31. The maximum absolute atomic E-state index is 6.31. The van der Waals surface area contributed by atoms with E-state index in [1.807, 2.05) is 52.0 Å². The Bertz CT molecular complexity index is 634. The largest absolute Gasteiger partial charge is 0.476 e. The van der Waals surface area contributed by atoms with Crippen molar-refractivity contribution in [1.82, 2.24) is 0 Å². The fourth-order valence-electron chi connectivity index (χ4n) is 2.60. The third-order valence-electron chi connectivity index (χ3n) is 4.64. The zero-order valence-corrected chi connectivity index (χ0v) is 13.1. The van der Waals surface area contributed by atoms with Gasteiger partial charge >= 0.3 is 7.12 Å². The first-order valence-electron chi connectivity index (χ1n) is 7.36. The predicted octanol–water partition coefficient (Wildman–Crippen LogP) is 2.93. The van der Waals surface area contributed by atoms with Gasteiger partial charge in [0.15, 0.2) is 0 Å². The third-order valence-corrected chi connectivity index (χ3v) is 4.64. The van der Waals surface area contributed by atoms with Gasteiger partial charge in [0.2, 0.25) is 0 Å². The van der Waals surface area contributed by atoms with Crippen LogP contribution in [0.25, 0.3) is 11.0 Å². The number of fused-ring (bicyclic) bond motifs is 1. The quantitative estimate of drug-likeness (QED) is 0.882. The van der Waals surface area contributed by atoms with Crippen molar-refractivity contribution in [2.24, 2.45) is 5.73 Å². The van der Waals surface area contributed by atoms with E-state index in [1.165, 1.54) is 0 Å². The Balaban J connectivity index is 1.77. The molecule has 0 amide bonds. The summed E-state index contributed by atoms with van der Waals surface area (Å²) in [7, 11) is -0.399. The van der Waals surface area contributed by atoms with E-state index in [2.05, 4.69) is 0 Å². The second-order valence-electron chi connectivity index (χ2n) is 6.75. The van der Waals surface area contributed by atoms with Crippen LogP contribution >= 0.6 is 0 Å². The van der Waals surface area contributed by atoms with Gasteiger partial charge in [-0.1, -0.05) is 18.2 Å². The van der Waals surface area contributed by atoms with Crippen LogP contribution in [0, 0.1) is 0 Å². The summed E-state index contributed by atoms with van der Waals surface area (Å²) in [6.45, 7) is 8.14. The standard InChI is InChI=1S/C16H22BNO3/c1-15(2)16(3,4)21-17(20-15)14(18)9-11-10-19-13-8-6-5-7-12(11)13/h5-8,10,14H,9,18H2,1-4H3/t14-/m0/s1. The summed E-state index contributed by atoms with van der Waals surface area (Å²) in [5.74, 6) is -0.230. The molecule has 0 aliphatic carbocycles. The first-order valence-corrected chi connectivity index (χ1v) is 7.36. The smallest absolute Gasteiger partial charge is 0.464 e. The molecule has 112 valence electrons. The Labute approximate surface area is 125 Å². The van der Waals surface area contributed by atoms with E-state index in [0.29, 0.717) is 6.42 Å². The van der Waals surface area contributed by atoms with Crippen LogP contribution in [0.4, 0.5) is 0 Å². The van der Waals surface area contributed by atoms with Crippen LogP contribution in [0.15, 0.2) is 34.9 Å². The van der Waals surface area contributed by atoms with Gasteiger partial charge in [-0.3, -0.25) is 0 Å². The molecule has 1 atom stereocenters. The van der Waals surface area contributed by atoms with Gasteiger partial charge in [-0.05, 0) is 45.7 Å². The van der Waals surface area contributed by atoms with Crippen molar-refractivity contribution in [3.8, 4) is 0 Å². The van der Waals surface area contributed by atoms with Gasteiger partial charge in [0.1, 0.15) is 5.58 Å². The zero-order chi connectivity index (χ0) is 15.3. The van der Waals surface area contributed by atoms with Crippen LogP contribution in [0.3, 0.4) is 0 Å². The van der Waals surface area contributed by atoms with Crippen molar-refractivity contribution < 1.29 is 13.7 Å². The Kier molecular flexibility index (Phi) is 3.39. The molecule has 1 aromatic heterocycles. The van der Waals surface area contributed by atoms with Gasteiger partial charge in [-0.25, -0.2) is 0 Å². The van der Waals surface area contributed by atoms with E-state index >= 15 is 0 Å². The van der Waals surface area contributed by atoms with Gasteiger partial charge in [0, 0.05) is 11.3 Å². The highest BCUT2D eigenvalue weighted by molar-refractivity contribution is 6.47. The van der Waals surface area contributed by atoms with E-state index < -0.39 is 7.12 Å². The average molecular weight is 287 g/mol. The summed E-state index contributed by atoms with van der Waals surface area (Å²) in [6, 6.07) is 7.97. The number of hydrogen-bond donors (Lipinski definition) is 1. The summed E-state index contributed by atoms with van der Waals surface area (Å²) in [5, 5.41) is 1.10. The number of rotatable bonds is 3. The molecule has 0 bridgehead atoms. The molecule has 0 saturated carbocycles. The molecule has 1 aliphatic heterocycles. The van der Waals surface area contributed by atoms with Crippen molar-refractivity contribution in [1.29, 1.82) is 0 Å². The van der Waals surface area contributed by atoms with Gasteiger partial charge in [0.25, 0.3) is 0 Å². The molecule has 0 spiro atoms. The van der Waals surface area contributed by atoms with Crippen molar-refractivity contribution in [3.63, 3.8) is 0 Å². The van der Waals surface area contributed by atoms with Crippen molar-refractivity contribution in [2.75, 3.05) is 0 Å². The van der Waals surface area contributed by atoms with Gasteiger partial charge in [0.05, 0.1) is 17.5 Å². The van der Waals surface area contributed by atoms with Crippen LogP contribution in [-0.2, 0) is 15.7 Å². The SMILES string of the molecule is CC1(C)OB([C@@H](N)Cc2coc3ccccc23)OC1(C)C. The van der Waals surface area contributed by atoms with E-state index in [4.69, 9.17) is 19.5 Å². The van der Waals surface area contributed by atoms with Gasteiger partial charge in [-0.15, -0.1) is 0 Å². The molecule has 1 aliphatic rings. The second kappa shape index (κ2) is 4.87. The minimum atomic E-state index is -0.399. The predicted molar refractivity (Wildman–Crippen MR) is 84.0 cm³/mol. The molecular formula is C16H22BNO3. The molecule has 2 aromatic rings. The maximum Gasteiger partial charge on any atom is 0.476 e. The summed E-state index contributed by atoms with van der Waals surface area (Å²) >= 11 is 0. The summed E-state index contributed by atoms with van der Waals surface area (Å²) in [4.78, 5) is 0. The number of furan rings is 1. The molecule has 1 aromatic carbocycles. The Hall–Kier alpha value is -1.30. The number of para-hydroxylation sites is 1. The number of hydrogen-bond acceptors (Lipinski definition) is 4. The number of benzene rings is 1.